The number of hydrogen-bond donors (Lipinski definition) is 2. The molecule has 0 saturated heterocycles. The van der Waals surface area contributed by atoms with Crippen LogP contribution in [0.3, 0.4) is 0 Å². The molecular formula is C20H18FN5O2. The molecular weight excluding hydrogens is 361 g/mol. The van der Waals surface area contributed by atoms with Gasteiger partial charge < -0.3 is 10.3 Å². The second-order valence-corrected chi connectivity index (χ2v) is 6.49. The minimum atomic E-state index is -0.505. The fraction of sp³-hybridized carbons (Fsp3) is 0.200. The number of aromatic nitrogens is 4. The highest BCUT2D eigenvalue weighted by Crippen LogP contribution is 2.18. The highest BCUT2D eigenvalue weighted by molar-refractivity contribution is 5.84. The molecule has 0 aliphatic rings. The molecule has 28 heavy (non-hydrogen) atoms. The smallest absolute Gasteiger partial charge is 0.277 e. The topological polar surface area (TPSA) is 92.7 Å². The highest BCUT2D eigenvalue weighted by atomic mass is 19.1. The van der Waals surface area contributed by atoms with Gasteiger partial charge in [-0.15, -0.1) is 5.10 Å². The Bertz CT molecular complexity index is 1210. The summed E-state index contributed by atoms with van der Waals surface area (Å²) < 4.78 is 14.5. The van der Waals surface area contributed by atoms with Gasteiger partial charge in [-0.05, 0) is 36.2 Å². The fourth-order valence-electron chi connectivity index (χ4n) is 3.17. The van der Waals surface area contributed by atoms with E-state index in [2.05, 4.69) is 20.6 Å². The summed E-state index contributed by atoms with van der Waals surface area (Å²) in [6.07, 6.45) is 2.87. The van der Waals surface area contributed by atoms with Crippen LogP contribution in [0, 0.1) is 5.82 Å². The zero-order chi connectivity index (χ0) is 19.5. The van der Waals surface area contributed by atoms with E-state index in [0.717, 1.165) is 27.2 Å². The van der Waals surface area contributed by atoms with E-state index in [1.807, 2.05) is 30.5 Å². The summed E-state index contributed by atoms with van der Waals surface area (Å²) in [4.78, 5) is 27.6. The van der Waals surface area contributed by atoms with E-state index in [1.54, 1.807) is 0 Å². The molecule has 0 aliphatic carbocycles. The number of aromatic amines is 1. The van der Waals surface area contributed by atoms with E-state index in [0.29, 0.717) is 18.4 Å². The Hall–Kier alpha value is -3.55. The molecule has 2 heterocycles. The molecule has 0 radical (unpaired) electrons. The van der Waals surface area contributed by atoms with Gasteiger partial charge in [0.1, 0.15) is 11.3 Å². The van der Waals surface area contributed by atoms with E-state index >= 15 is 0 Å². The van der Waals surface area contributed by atoms with Gasteiger partial charge in [0.2, 0.25) is 5.91 Å². The van der Waals surface area contributed by atoms with Gasteiger partial charge in [0.05, 0.1) is 11.9 Å². The number of halogens is 1. The lowest BCUT2D eigenvalue weighted by Crippen LogP contribution is -2.32. The van der Waals surface area contributed by atoms with Crippen LogP contribution in [0.25, 0.3) is 21.8 Å². The van der Waals surface area contributed by atoms with E-state index < -0.39 is 11.4 Å². The average Bonchev–Trinajstić information content (AvgIpc) is 3.12. The maximum atomic E-state index is 13.3. The van der Waals surface area contributed by atoms with Gasteiger partial charge in [-0.1, -0.05) is 23.4 Å². The van der Waals surface area contributed by atoms with E-state index in [9.17, 15) is 14.0 Å². The summed E-state index contributed by atoms with van der Waals surface area (Å²) in [5.41, 5.74) is 2.04. The minimum Gasteiger partial charge on any atom is -0.361 e. The van der Waals surface area contributed by atoms with Crippen LogP contribution in [0.5, 0.6) is 0 Å². The second-order valence-electron chi connectivity index (χ2n) is 6.49. The molecule has 0 fully saturated rings. The number of H-pyrrole nitrogens is 1. The molecule has 7 nitrogen and oxygen atoms in total. The molecule has 8 heteroatoms. The lowest BCUT2D eigenvalue weighted by Gasteiger charge is -2.07. The number of nitrogens with one attached hydrogen (secondary N) is 2. The molecule has 4 aromatic rings. The van der Waals surface area contributed by atoms with Gasteiger partial charge in [0.25, 0.3) is 5.56 Å². The molecule has 0 aliphatic heterocycles. The van der Waals surface area contributed by atoms with Crippen molar-refractivity contribution < 1.29 is 9.18 Å². The van der Waals surface area contributed by atoms with Crippen molar-refractivity contribution in [1.82, 2.24) is 25.3 Å². The number of nitrogens with zero attached hydrogens (tertiary/aromatic N) is 3. The summed E-state index contributed by atoms with van der Waals surface area (Å²) in [5.74, 6) is -0.618. The standard InChI is InChI=1S/C20H18FN5O2/c21-14-6-7-18-16(11-14)20(28)26(25-24-18)10-9-22-19(27)8-5-13-12-23-17-4-2-1-3-15(13)17/h1-4,6-7,11-12,23H,5,8-10H2,(H,22,27). The monoisotopic (exact) mass is 379 g/mol. The molecule has 0 spiro atoms. The van der Waals surface area contributed by atoms with E-state index in [1.165, 1.54) is 12.1 Å². The molecule has 2 aromatic heterocycles. The van der Waals surface area contributed by atoms with Gasteiger partial charge in [-0.3, -0.25) is 9.59 Å². The largest absolute Gasteiger partial charge is 0.361 e. The third-order valence-corrected chi connectivity index (χ3v) is 4.63. The van der Waals surface area contributed by atoms with Crippen LogP contribution < -0.4 is 10.9 Å². The normalized spacial score (nSPS) is 11.2. The van der Waals surface area contributed by atoms with Crippen molar-refractivity contribution in [2.24, 2.45) is 0 Å². The SMILES string of the molecule is O=C(CCc1c[nH]c2ccccc12)NCCn1nnc2ccc(F)cc2c1=O. The van der Waals surface area contributed by atoms with Crippen LogP contribution in [0.2, 0.25) is 0 Å². The van der Waals surface area contributed by atoms with Gasteiger partial charge in [0.15, 0.2) is 0 Å². The van der Waals surface area contributed by atoms with Crippen LogP contribution in [0.15, 0.2) is 53.5 Å². The first-order valence-corrected chi connectivity index (χ1v) is 8.96. The predicted octanol–water partition coefficient (Wildman–Crippen LogP) is 2.16. The van der Waals surface area contributed by atoms with Gasteiger partial charge in [-0.25, -0.2) is 9.07 Å². The molecule has 0 bridgehead atoms. The third kappa shape index (κ3) is 3.62. The molecule has 0 unspecified atom stereocenters. The first-order chi connectivity index (χ1) is 13.6. The molecule has 142 valence electrons. The van der Waals surface area contributed by atoms with Gasteiger partial charge in [-0.2, -0.15) is 0 Å². The Morgan fingerprint density at radius 3 is 2.93 bits per heavy atom. The first-order valence-electron chi connectivity index (χ1n) is 8.96. The molecule has 2 aromatic carbocycles. The van der Waals surface area contributed by atoms with Crippen molar-refractivity contribution in [2.45, 2.75) is 19.4 Å². The zero-order valence-electron chi connectivity index (χ0n) is 15.0. The number of fused-ring (bicyclic) bond motifs is 2. The number of amides is 1. The lowest BCUT2D eigenvalue weighted by molar-refractivity contribution is -0.121. The van der Waals surface area contributed by atoms with Crippen molar-refractivity contribution in [3.8, 4) is 0 Å². The van der Waals surface area contributed by atoms with E-state index in [4.69, 9.17) is 0 Å². The zero-order valence-corrected chi connectivity index (χ0v) is 15.0. The Labute approximate surface area is 159 Å². The highest BCUT2D eigenvalue weighted by Gasteiger charge is 2.09. The van der Waals surface area contributed by atoms with Crippen LogP contribution in [0.4, 0.5) is 4.39 Å². The van der Waals surface area contributed by atoms with E-state index in [-0.39, 0.29) is 24.4 Å². The molecule has 0 atom stereocenters. The second kappa shape index (κ2) is 7.59. The molecule has 0 saturated carbocycles. The Morgan fingerprint density at radius 1 is 1.18 bits per heavy atom. The van der Waals surface area contributed by atoms with Crippen molar-refractivity contribution in [1.29, 1.82) is 0 Å². The number of aryl methyl sites for hydroxylation is 1. The van der Waals surface area contributed by atoms with Crippen LogP contribution in [0.1, 0.15) is 12.0 Å². The van der Waals surface area contributed by atoms with Crippen LogP contribution in [-0.4, -0.2) is 32.4 Å². The number of carbonyl (C=O) groups is 1. The van der Waals surface area contributed by atoms with Crippen molar-refractivity contribution in [2.75, 3.05) is 6.54 Å². The summed E-state index contributed by atoms with van der Waals surface area (Å²) in [6.45, 7) is 0.402. The van der Waals surface area contributed by atoms with Crippen LogP contribution >= 0.6 is 0 Å². The maximum absolute atomic E-state index is 13.3. The number of para-hydroxylation sites is 1. The Morgan fingerprint density at radius 2 is 2.04 bits per heavy atom. The summed E-state index contributed by atoms with van der Waals surface area (Å²) in [6, 6.07) is 11.7. The van der Waals surface area contributed by atoms with Crippen molar-refractivity contribution >= 4 is 27.7 Å². The Kier molecular flexibility index (Phi) is 4.84. The summed E-state index contributed by atoms with van der Waals surface area (Å²) in [5, 5.41) is 11.8. The third-order valence-electron chi connectivity index (χ3n) is 4.63. The number of rotatable bonds is 6. The van der Waals surface area contributed by atoms with Gasteiger partial charge >= 0.3 is 0 Å². The summed E-state index contributed by atoms with van der Waals surface area (Å²) >= 11 is 0. The minimum absolute atomic E-state index is 0.113. The average molecular weight is 379 g/mol. The maximum Gasteiger partial charge on any atom is 0.277 e. The number of carbonyl (C=O) groups excluding carboxylic acids is 1. The number of hydrogen-bond acceptors (Lipinski definition) is 4. The fourth-order valence-corrected chi connectivity index (χ4v) is 3.17. The van der Waals surface area contributed by atoms with Crippen molar-refractivity contribution in [3.63, 3.8) is 0 Å². The predicted molar refractivity (Wildman–Crippen MR) is 103 cm³/mol. The molecule has 1 amide bonds. The van der Waals surface area contributed by atoms with Crippen molar-refractivity contribution in [3.05, 3.63) is 70.4 Å². The molecule has 2 N–H and O–H groups in total. The van der Waals surface area contributed by atoms with Gasteiger partial charge in [0, 0.05) is 30.1 Å². The number of benzene rings is 2. The molecule has 4 rings (SSSR count). The summed E-state index contributed by atoms with van der Waals surface area (Å²) in [7, 11) is 0. The lowest BCUT2D eigenvalue weighted by atomic mass is 10.1. The Balaban J connectivity index is 1.34. The van der Waals surface area contributed by atoms with Crippen LogP contribution in [-0.2, 0) is 17.8 Å². The quantitative estimate of drug-likeness (QED) is 0.537. The first kappa shape index (κ1) is 17.8.